The summed E-state index contributed by atoms with van der Waals surface area (Å²) in [4.78, 5) is 43.8. The number of furan rings is 1. The number of aromatic nitrogens is 1. The van der Waals surface area contributed by atoms with E-state index in [9.17, 15) is 14.4 Å². The minimum Gasteiger partial charge on any atom is -0.484 e. The smallest absolute Gasteiger partial charge is 0.328 e. The fourth-order valence-electron chi connectivity index (χ4n) is 5.06. The van der Waals surface area contributed by atoms with Gasteiger partial charge in [-0.15, -0.1) is 0 Å². The number of carbonyl (C=O) groups is 3. The van der Waals surface area contributed by atoms with E-state index in [1.165, 1.54) is 18.3 Å². The van der Waals surface area contributed by atoms with Crippen molar-refractivity contribution in [1.29, 1.82) is 0 Å². The van der Waals surface area contributed by atoms with Gasteiger partial charge in [-0.1, -0.05) is 48.5 Å². The molecule has 5 aromatic rings. The highest BCUT2D eigenvalue weighted by Gasteiger charge is 2.37. The summed E-state index contributed by atoms with van der Waals surface area (Å²) in [6.45, 7) is -0.0448. The molecule has 8 heteroatoms. The third-order valence-electron chi connectivity index (χ3n) is 6.99. The molecule has 3 heterocycles. The molecule has 0 fully saturated rings. The van der Waals surface area contributed by atoms with Gasteiger partial charge in [-0.25, -0.2) is 4.79 Å². The van der Waals surface area contributed by atoms with Gasteiger partial charge in [0.05, 0.1) is 19.2 Å². The van der Waals surface area contributed by atoms with Crippen molar-refractivity contribution < 1.29 is 28.3 Å². The van der Waals surface area contributed by atoms with Gasteiger partial charge in [0.1, 0.15) is 23.6 Å². The second-order valence-corrected chi connectivity index (χ2v) is 9.18. The Bertz CT molecular complexity index is 1680. The summed E-state index contributed by atoms with van der Waals surface area (Å²) < 4.78 is 16.4. The quantitative estimate of drug-likeness (QED) is 0.265. The van der Waals surface area contributed by atoms with E-state index in [2.05, 4.69) is 4.98 Å². The molecule has 38 heavy (non-hydrogen) atoms. The van der Waals surface area contributed by atoms with Crippen LogP contribution in [0.15, 0.2) is 83.5 Å². The van der Waals surface area contributed by atoms with Crippen molar-refractivity contribution >= 4 is 39.5 Å². The van der Waals surface area contributed by atoms with Crippen molar-refractivity contribution in [3.05, 3.63) is 101 Å². The van der Waals surface area contributed by atoms with E-state index < -0.39 is 12.0 Å². The Kier molecular flexibility index (Phi) is 5.92. The highest BCUT2D eigenvalue weighted by molar-refractivity contribution is 6.16. The second-order valence-electron chi connectivity index (χ2n) is 9.18. The number of amides is 1. The standard InChI is InChI=1S/C30H24N2O6/c1-36-30(35)26-14-21-20-9-5-6-10-24(20)31-25(21)15-32(26)28(33)17-37-19-11-12-27-22(13-19)23(16-38-27)29(34)18-7-3-2-4-8-18/h2-13,16,26,31H,14-15,17H2,1H3. The molecule has 1 aliphatic rings. The third-order valence-corrected chi connectivity index (χ3v) is 6.99. The molecule has 3 aromatic carbocycles. The maximum absolute atomic E-state index is 13.3. The number of nitrogens with zero attached hydrogens (tertiary/aromatic N) is 1. The minimum absolute atomic E-state index is 0.166. The van der Waals surface area contributed by atoms with Crippen LogP contribution in [0.25, 0.3) is 21.9 Å². The van der Waals surface area contributed by atoms with Crippen molar-refractivity contribution in [3.63, 3.8) is 0 Å². The molecule has 190 valence electrons. The molecule has 1 atom stereocenters. The van der Waals surface area contributed by atoms with Crippen LogP contribution in [0.4, 0.5) is 0 Å². The number of benzene rings is 3. The van der Waals surface area contributed by atoms with E-state index in [1.54, 1.807) is 42.5 Å². The molecule has 1 N–H and O–H groups in total. The molecule has 0 saturated carbocycles. The van der Waals surface area contributed by atoms with Gasteiger partial charge in [0, 0.05) is 34.0 Å². The van der Waals surface area contributed by atoms with E-state index >= 15 is 0 Å². The zero-order chi connectivity index (χ0) is 26.2. The molecule has 1 aliphatic heterocycles. The van der Waals surface area contributed by atoms with Gasteiger partial charge in [0.2, 0.25) is 0 Å². The molecule has 0 bridgehead atoms. The highest BCUT2D eigenvalue weighted by Crippen LogP contribution is 2.31. The molecular weight excluding hydrogens is 484 g/mol. The molecular formula is C30H24N2O6. The van der Waals surface area contributed by atoms with Crippen LogP contribution in [-0.4, -0.2) is 47.3 Å². The first-order chi connectivity index (χ1) is 18.5. The summed E-state index contributed by atoms with van der Waals surface area (Å²) in [5, 5.41) is 1.63. The summed E-state index contributed by atoms with van der Waals surface area (Å²) in [6, 6.07) is 21.1. The summed E-state index contributed by atoms with van der Waals surface area (Å²) in [6.07, 6.45) is 1.78. The van der Waals surface area contributed by atoms with Gasteiger partial charge < -0.3 is 23.8 Å². The van der Waals surface area contributed by atoms with Crippen LogP contribution in [0.5, 0.6) is 5.75 Å². The van der Waals surface area contributed by atoms with E-state index in [0.29, 0.717) is 34.3 Å². The number of fused-ring (bicyclic) bond motifs is 4. The number of nitrogens with one attached hydrogen (secondary N) is 1. The van der Waals surface area contributed by atoms with E-state index in [-0.39, 0.29) is 24.8 Å². The van der Waals surface area contributed by atoms with Crippen LogP contribution < -0.4 is 4.74 Å². The molecule has 1 unspecified atom stereocenters. The van der Waals surface area contributed by atoms with Gasteiger partial charge >= 0.3 is 5.97 Å². The highest BCUT2D eigenvalue weighted by atomic mass is 16.5. The second kappa shape index (κ2) is 9.55. The largest absolute Gasteiger partial charge is 0.484 e. The normalized spacial score (nSPS) is 14.9. The fourth-order valence-corrected chi connectivity index (χ4v) is 5.06. The Labute approximate surface area is 217 Å². The van der Waals surface area contributed by atoms with E-state index in [0.717, 1.165) is 22.2 Å². The fraction of sp³-hybridized carbons (Fsp3) is 0.167. The number of esters is 1. The van der Waals surface area contributed by atoms with Crippen LogP contribution in [0.1, 0.15) is 27.2 Å². The van der Waals surface area contributed by atoms with Crippen molar-refractivity contribution in [1.82, 2.24) is 9.88 Å². The Morgan fingerprint density at radius 2 is 1.79 bits per heavy atom. The molecule has 2 aromatic heterocycles. The lowest BCUT2D eigenvalue weighted by molar-refractivity contribution is -0.154. The number of hydrogen-bond acceptors (Lipinski definition) is 6. The van der Waals surface area contributed by atoms with Crippen LogP contribution in [0.3, 0.4) is 0 Å². The van der Waals surface area contributed by atoms with Crippen molar-refractivity contribution in [2.45, 2.75) is 19.0 Å². The number of rotatable bonds is 6. The summed E-state index contributed by atoms with van der Waals surface area (Å²) in [5.41, 5.74) is 4.37. The molecule has 1 amide bonds. The van der Waals surface area contributed by atoms with Crippen molar-refractivity contribution in [3.8, 4) is 5.75 Å². The molecule has 0 aliphatic carbocycles. The van der Waals surface area contributed by atoms with Crippen molar-refractivity contribution in [2.75, 3.05) is 13.7 Å². The number of methoxy groups -OCH3 is 1. The van der Waals surface area contributed by atoms with Crippen LogP contribution in [0.2, 0.25) is 0 Å². The van der Waals surface area contributed by atoms with E-state index in [1.807, 2.05) is 30.3 Å². The number of ketones is 1. The molecule has 8 nitrogen and oxygen atoms in total. The topological polar surface area (TPSA) is 102 Å². The first-order valence-electron chi connectivity index (χ1n) is 12.2. The summed E-state index contributed by atoms with van der Waals surface area (Å²) in [5.74, 6) is -0.580. The Hall–Kier alpha value is -4.85. The number of carbonyl (C=O) groups excluding carboxylic acids is 3. The van der Waals surface area contributed by atoms with Gasteiger partial charge in [-0.05, 0) is 29.8 Å². The van der Waals surface area contributed by atoms with Crippen LogP contribution in [0, 0.1) is 0 Å². The number of para-hydroxylation sites is 1. The minimum atomic E-state index is -0.755. The number of ether oxygens (including phenoxy) is 2. The summed E-state index contributed by atoms with van der Waals surface area (Å²) in [7, 11) is 1.32. The number of hydrogen-bond donors (Lipinski definition) is 1. The predicted molar refractivity (Wildman–Crippen MR) is 140 cm³/mol. The molecule has 0 radical (unpaired) electrons. The third kappa shape index (κ3) is 4.10. The summed E-state index contributed by atoms with van der Waals surface area (Å²) >= 11 is 0. The van der Waals surface area contributed by atoms with Gasteiger partial charge in [-0.3, -0.25) is 9.59 Å². The van der Waals surface area contributed by atoms with E-state index in [4.69, 9.17) is 13.9 Å². The molecule has 0 saturated heterocycles. The molecule has 6 rings (SSSR count). The maximum Gasteiger partial charge on any atom is 0.328 e. The lowest BCUT2D eigenvalue weighted by Crippen LogP contribution is -2.50. The zero-order valence-electron chi connectivity index (χ0n) is 20.6. The Morgan fingerprint density at radius 1 is 1.00 bits per heavy atom. The predicted octanol–water partition coefficient (Wildman–Crippen LogP) is 4.65. The average molecular weight is 509 g/mol. The van der Waals surface area contributed by atoms with Crippen molar-refractivity contribution in [2.24, 2.45) is 0 Å². The van der Waals surface area contributed by atoms with Gasteiger partial charge in [-0.2, -0.15) is 0 Å². The molecule has 0 spiro atoms. The first-order valence-corrected chi connectivity index (χ1v) is 12.2. The van der Waals surface area contributed by atoms with Gasteiger partial charge in [0.15, 0.2) is 12.4 Å². The lowest BCUT2D eigenvalue weighted by atomic mass is 9.96. The zero-order valence-corrected chi connectivity index (χ0v) is 20.6. The number of H-pyrrole nitrogens is 1. The monoisotopic (exact) mass is 508 g/mol. The number of aromatic amines is 1. The Morgan fingerprint density at radius 3 is 2.61 bits per heavy atom. The van der Waals surface area contributed by atoms with Gasteiger partial charge in [0.25, 0.3) is 5.91 Å². The van der Waals surface area contributed by atoms with Crippen LogP contribution in [-0.2, 0) is 27.3 Å². The maximum atomic E-state index is 13.3. The lowest BCUT2D eigenvalue weighted by Gasteiger charge is -2.33. The SMILES string of the molecule is COC(=O)C1Cc2c([nH]c3ccccc23)CN1C(=O)COc1ccc2occ(C(=O)c3ccccc3)c2c1. The first kappa shape index (κ1) is 23.5. The Balaban J connectivity index is 1.23. The van der Waals surface area contributed by atoms with Crippen LogP contribution >= 0.6 is 0 Å². The average Bonchev–Trinajstić information content (AvgIpc) is 3.55.